The van der Waals surface area contributed by atoms with Crippen LogP contribution in [0, 0.1) is 13.5 Å². The number of aryl methyl sites for hydroxylation is 1. The van der Waals surface area contributed by atoms with Gasteiger partial charge in [0.05, 0.1) is 10.5 Å². The summed E-state index contributed by atoms with van der Waals surface area (Å²) in [6.07, 6.45) is 0. The zero-order valence-electron chi connectivity index (χ0n) is 15.0. The van der Waals surface area contributed by atoms with Crippen LogP contribution in [0.3, 0.4) is 0 Å². The van der Waals surface area contributed by atoms with Crippen molar-refractivity contribution in [3.8, 4) is 11.1 Å². The number of rotatable bonds is 5. The molecule has 0 aromatic heterocycles. The van der Waals surface area contributed by atoms with E-state index >= 15 is 0 Å². The Morgan fingerprint density at radius 3 is 2.00 bits per heavy atom. The van der Waals surface area contributed by atoms with E-state index in [1.54, 1.807) is 12.1 Å². The molecule has 4 heteroatoms. The molecule has 0 fully saturated rings. The van der Waals surface area contributed by atoms with Gasteiger partial charge in [0, 0.05) is 0 Å². The van der Waals surface area contributed by atoms with Crippen molar-refractivity contribution in [2.24, 2.45) is 0 Å². The van der Waals surface area contributed by atoms with Gasteiger partial charge < -0.3 is 0 Å². The van der Waals surface area contributed by atoms with Crippen LogP contribution in [0.4, 0.5) is 0 Å². The number of hydrogen-bond acceptors (Lipinski definition) is 2. The first-order valence-electron chi connectivity index (χ1n) is 8.45. The molecule has 0 aliphatic carbocycles. The molecule has 3 nitrogen and oxygen atoms in total. The Morgan fingerprint density at radius 2 is 1.44 bits per heavy atom. The van der Waals surface area contributed by atoms with E-state index < -0.39 is 15.2 Å². The summed E-state index contributed by atoms with van der Waals surface area (Å²) in [7, 11) is -3.83. The summed E-state index contributed by atoms with van der Waals surface area (Å²) in [5.41, 5.74) is 3.98. The van der Waals surface area contributed by atoms with Gasteiger partial charge in [-0.05, 0) is 35.7 Å². The Balaban J connectivity index is 1.91. The van der Waals surface area contributed by atoms with E-state index in [1.165, 1.54) is 12.1 Å². The highest BCUT2D eigenvalue weighted by Crippen LogP contribution is 2.29. The first-order chi connectivity index (χ1) is 12.9. The van der Waals surface area contributed by atoms with Crippen LogP contribution in [0.5, 0.6) is 0 Å². The zero-order valence-corrected chi connectivity index (χ0v) is 15.8. The second-order valence-corrected chi connectivity index (χ2v) is 8.32. The van der Waals surface area contributed by atoms with Crippen molar-refractivity contribution < 1.29 is 8.42 Å². The maximum Gasteiger partial charge on any atom is 0.350 e. The van der Waals surface area contributed by atoms with E-state index in [1.807, 2.05) is 61.5 Å². The Morgan fingerprint density at radius 1 is 0.889 bits per heavy atom. The van der Waals surface area contributed by atoms with Crippen LogP contribution in [0.1, 0.15) is 11.1 Å². The molecule has 0 spiro atoms. The highest BCUT2D eigenvalue weighted by atomic mass is 32.2. The highest BCUT2D eigenvalue weighted by molar-refractivity contribution is 7.92. The minimum absolute atomic E-state index is 0.135. The van der Waals surface area contributed by atoms with Crippen LogP contribution in [0.25, 0.3) is 21.5 Å². The predicted octanol–water partition coefficient (Wildman–Crippen LogP) is 5.39. The van der Waals surface area contributed by atoms with Crippen molar-refractivity contribution in [2.45, 2.75) is 17.2 Å². The van der Waals surface area contributed by atoms with Gasteiger partial charge in [0.15, 0.2) is 0 Å². The first kappa shape index (κ1) is 18.6. The number of hydrogen-bond donors (Lipinski definition) is 0. The van der Waals surface area contributed by atoms with Gasteiger partial charge in [-0.2, -0.15) is 0 Å². The molecule has 0 aliphatic heterocycles. The Hall–Kier alpha value is -3.16. The molecule has 0 saturated carbocycles. The van der Waals surface area contributed by atoms with E-state index in [2.05, 4.69) is 11.4 Å². The van der Waals surface area contributed by atoms with Gasteiger partial charge in [-0.25, -0.2) is 15.0 Å². The van der Waals surface area contributed by atoms with Crippen molar-refractivity contribution in [3.05, 3.63) is 108 Å². The number of nitrogens with zero attached hydrogens (tertiary/aromatic N) is 1. The largest absolute Gasteiger partial charge is 0.350 e. The third kappa shape index (κ3) is 3.84. The lowest BCUT2D eigenvalue weighted by Gasteiger charge is -2.11. The molecule has 0 bridgehead atoms. The van der Waals surface area contributed by atoms with Gasteiger partial charge >= 0.3 is 5.37 Å². The van der Waals surface area contributed by atoms with Crippen molar-refractivity contribution >= 4 is 15.4 Å². The minimum atomic E-state index is -3.83. The molecular weight excluding hydrogens is 354 g/mol. The molecule has 0 heterocycles. The average molecular weight is 373 g/mol. The lowest BCUT2D eigenvalue weighted by molar-refractivity contribution is 0.594. The zero-order chi connectivity index (χ0) is 19.4. The maximum atomic E-state index is 12.9. The third-order valence-electron chi connectivity index (χ3n) is 4.42. The molecular formula is C23H19NO2S. The molecule has 0 N–H and O–H groups in total. The van der Waals surface area contributed by atoms with Crippen molar-refractivity contribution in [3.63, 3.8) is 0 Å². The first-order valence-corrected chi connectivity index (χ1v) is 10.00. The minimum Gasteiger partial charge on any atom is -0.291 e. The van der Waals surface area contributed by atoms with E-state index in [9.17, 15) is 8.42 Å². The summed E-state index contributed by atoms with van der Waals surface area (Å²) in [6.45, 7) is 13.2. The lowest BCUT2D eigenvalue weighted by Crippen LogP contribution is -2.19. The van der Waals surface area contributed by atoms with E-state index in [4.69, 9.17) is 6.57 Å². The maximum absolute atomic E-state index is 12.9. The summed E-state index contributed by atoms with van der Waals surface area (Å²) < 4.78 is 25.8. The Kier molecular flexibility index (Phi) is 5.25. The van der Waals surface area contributed by atoms with Crippen molar-refractivity contribution in [2.75, 3.05) is 0 Å². The molecule has 1 unspecified atom stereocenters. The predicted molar refractivity (Wildman–Crippen MR) is 110 cm³/mol. The van der Waals surface area contributed by atoms with E-state index in [0.29, 0.717) is 5.56 Å². The molecule has 0 amide bonds. The third-order valence-corrected chi connectivity index (χ3v) is 6.33. The smallest absolute Gasteiger partial charge is 0.291 e. The van der Waals surface area contributed by atoms with Crippen molar-refractivity contribution in [1.82, 2.24) is 0 Å². The standard InChI is InChI=1S/C23H19NO2S/c1-17-9-15-22(16-10-17)27(25,26)23(24-3)18(2)19-11-13-21(14-12-19)20-7-5-4-6-8-20/h4-16,23H,2H2,1H3. The van der Waals surface area contributed by atoms with Crippen molar-refractivity contribution in [1.29, 1.82) is 0 Å². The Bertz CT molecular complexity index is 1090. The van der Waals surface area contributed by atoms with Gasteiger partial charge in [0.1, 0.15) is 0 Å². The van der Waals surface area contributed by atoms with Crippen LogP contribution in [-0.4, -0.2) is 13.8 Å². The highest BCUT2D eigenvalue weighted by Gasteiger charge is 2.35. The normalized spacial score (nSPS) is 12.1. The summed E-state index contributed by atoms with van der Waals surface area (Å²) in [4.78, 5) is 3.51. The van der Waals surface area contributed by atoms with Gasteiger partial charge in [0.25, 0.3) is 9.84 Å². The monoisotopic (exact) mass is 373 g/mol. The second kappa shape index (κ2) is 7.61. The fourth-order valence-electron chi connectivity index (χ4n) is 2.84. The quantitative estimate of drug-likeness (QED) is 0.562. The lowest BCUT2D eigenvalue weighted by atomic mass is 10.0. The molecule has 0 aliphatic rings. The summed E-state index contributed by atoms with van der Waals surface area (Å²) >= 11 is 0. The van der Waals surface area contributed by atoms with Crippen LogP contribution in [-0.2, 0) is 9.84 Å². The van der Waals surface area contributed by atoms with Gasteiger partial charge in [-0.15, -0.1) is 0 Å². The summed E-state index contributed by atoms with van der Waals surface area (Å²) in [5.74, 6) is 0. The molecule has 3 aromatic rings. The Labute approximate surface area is 160 Å². The molecule has 1 atom stereocenters. The molecule has 134 valence electrons. The molecule has 0 saturated heterocycles. The van der Waals surface area contributed by atoms with Gasteiger partial charge in [-0.3, -0.25) is 4.85 Å². The second-order valence-electron chi connectivity index (χ2n) is 6.31. The average Bonchev–Trinajstić information content (AvgIpc) is 2.69. The molecule has 0 radical (unpaired) electrons. The number of sulfone groups is 1. The number of benzene rings is 3. The molecule has 3 aromatic carbocycles. The van der Waals surface area contributed by atoms with E-state index in [-0.39, 0.29) is 10.5 Å². The van der Waals surface area contributed by atoms with Gasteiger partial charge in [-0.1, -0.05) is 78.9 Å². The SMILES string of the molecule is [C-]#[N+]C(C(=C)c1ccc(-c2ccccc2)cc1)S(=O)(=O)c1ccc(C)cc1. The molecule has 3 rings (SSSR count). The van der Waals surface area contributed by atoms with Crippen LogP contribution >= 0.6 is 0 Å². The van der Waals surface area contributed by atoms with Gasteiger partial charge in [0.2, 0.25) is 0 Å². The summed E-state index contributed by atoms with van der Waals surface area (Å²) in [5, 5.41) is -1.34. The fourth-order valence-corrected chi connectivity index (χ4v) is 4.26. The van der Waals surface area contributed by atoms with Crippen LogP contribution < -0.4 is 0 Å². The summed E-state index contributed by atoms with van der Waals surface area (Å²) in [6, 6.07) is 23.9. The van der Waals surface area contributed by atoms with Crippen LogP contribution in [0.2, 0.25) is 0 Å². The fraction of sp³-hybridized carbons (Fsp3) is 0.0870. The molecule has 27 heavy (non-hydrogen) atoms. The van der Waals surface area contributed by atoms with E-state index in [0.717, 1.165) is 16.7 Å². The van der Waals surface area contributed by atoms with Crippen LogP contribution in [0.15, 0.2) is 90.3 Å². The topological polar surface area (TPSA) is 38.5 Å².